The Bertz CT molecular complexity index is 549. The molecule has 0 aromatic heterocycles. The van der Waals surface area contributed by atoms with Crippen LogP contribution in [0.4, 0.5) is 0 Å². The van der Waals surface area contributed by atoms with Crippen molar-refractivity contribution in [3.05, 3.63) is 0 Å². The third kappa shape index (κ3) is 27.5. The average molecular weight is 646 g/mol. The Morgan fingerprint density at radius 2 is 0.378 bits per heavy atom. The fourth-order valence-electron chi connectivity index (χ4n) is 5.74. The number of rotatable bonds is 5. The highest BCUT2D eigenvalue weighted by atomic mass is 15.3. The summed E-state index contributed by atoms with van der Waals surface area (Å²) in [5.74, 6) is 0. The molecule has 0 amide bonds. The smallest absolute Gasteiger partial charge is 0.0113 e. The predicted molar refractivity (Wildman–Crippen MR) is 213 cm³/mol. The molecule has 0 N–H and O–H groups in total. The standard InChI is InChI=1S/C9H19N.C8H17N.C7H15N.C6H13N.C5H11N.5CH4/c1-9(2)10-7-5-3-4-6-8-10;1-8(2)9-6-4-3-5-7-9;1-7(2)8-5-3-4-6-8;1-6(2)7-4-3-5-7;1-5(2)6-3-4-6;;;;;/h9H,3-8H2,1-2H3;8H,3-7H2,1-2H3;7H,3-6H2,1-2H3;6H,3-5H2,1-2H3;5H,3-4H2,1-2H3;5*1H4. The maximum absolute atomic E-state index is 2.59. The van der Waals surface area contributed by atoms with E-state index in [1.54, 1.807) is 0 Å². The quantitative estimate of drug-likeness (QED) is 0.276. The molecule has 5 heterocycles. The van der Waals surface area contributed by atoms with Crippen molar-refractivity contribution in [3.63, 3.8) is 0 Å². The van der Waals surface area contributed by atoms with Gasteiger partial charge in [0.25, 0.3) is 0 Å². The van der Waals surface area contributed by atoms with Gasteiger partial charge in [-0.25, -0.2) is 0 Å². The highest BCUT2D eigenvalue weighted by molar-refractivity contribution is 4.75. The van der Waals surface area contributed by atoms with Crippen LogP contribution in [0.2, 0.25) is 0 Å². The van der Waals surface area contributed by atoms with Crippen molar-refractivity contribution >= 4 is 0 Å². The minimum atomic E-state index is 0. The van der Waals surface area contributed by atoms with Gasteiger partial charge in [0.2, 0.25) is 0 Å². The molecule has 5 saturated heterocycles. The molecule has 5 aliphatic rings. The number of piperidine rings is 1. The zero-order valence-corrected chi connectivity index (χ0v) is 29.3. The van der Waals surface area contributed by atoms with Crippen LogP contribution in [0.15, 0.2) is 0 Å². The highest BCUT2D eigenvalue weighted by Gasteiger charge is 2.19. The van der Waals surface area contributed by atoms with Gasteiger partial charge in [-0.15, -0.1) is 0 Å². The zero-order valence-electron chi connectivity index (χ0n) is 29.3. The van der Waals surface area contributed by atoms with Gasteiger partial charge in [-0.3, -0.25) is 4.90 Å². The molecule has 0 saturated carbocycles. The summed E-state index contributed by atoms with van der Waals surface area (Å²) in [6.07, 6.45) is 14.2. The van der Waals surface area contributed by atoms with Gasteiger partial charge >= 0.3 is 0 Å². The lowest BCUT2D eigenvalue weighted by atomic mass is 10.1. The summed E-state index contributed by atoms with van der Waals surface area (Å²) in [6.45, 7) is 36.0. The van der Waals surface area contributed by atoms with Crippen LogP contribution >= 0.6 is 0 Å². The number of likely N-dealkylation sites (tertiary alicyclic amines) is 4. The molecule has 5 rings (SSSR count). The third-order valence-corrected chi connectivity index (χ3v) is 9.20. The van der Waals surface area contributed by atoms with Crippen LogP contribution in [0.25, 0.3) is 0 Å². The summed E-state index contributed by atoms with van der Waals surface area (Å²) in [5, 5.41) is 0. The van der Waals surface area contributed by atoms with Crippen LogP contribution < -0.4 is 0 Å². The van der Waals surface area contributed by atoms with E-state index < -0.39 is 0 Å². The van der Waals surface area contributed by atoms with Crippen molar-refractivity contribution in [2.45, 2.75) is 201 Å². The second-order valence-electron chi connectivity index (χ2n) is 14.2. The first-order valence-electron chi connectivity index (χ1n) is 17.7. The molecule has 0 unspecified atom stereocenters. The van der Waals surface area contributed by atoms with E-state index in [0.717, 1.165) is 30.2 Å². The van der Waals surface area contributed by atoms with Gasteiger partial charge in [0, 0.05) is 43.3 Å². The fraction of sp³-hybridized carbons (Fsp3) is 1.00. The van der Waals surface area contributed by atoms with Gasteiger partial charge in [-0.2, -0.15) is 0 Å². The Morgan fingerprint density at radius 3 is 0.511 bits per heavy atom. The predicted octanol–water partition coefficient (Wildman–Crippen LogP) is 10.6. The van der Waals surface area contributed by atoms with Gasteiger partial charge < -0.3 is 19.6 Å². The van der Waals surface area contributed by atoms with Crippen LogP contribution in [0.3, 0.4) is 0 Å². The molecule has 0 atom stereocenters. The van der Waals surface area contributed by atoms with Crippen molar-refractivity contribution in [1.29, 1.82) is 0 Å². The van der Waals surface area contributed by atoms with E-state index >= 15 is 0 Å². The van der Waals surface area contributed by atoms with E-state index in [9.17, 15) is 0 Å². The fourth-order valence-corrected chi connectivity index (χ4v) is 5.74. The first-order valence-corrected chi connectivity index (χ1v) is 17.7. The SMILES string of the molecule is C.C.C.C.C.CC(C)N1CC1.CC(C)N1CCC1.CC(C)N1CCCC1.CC(C)N1CCCCC1.CC(C)N1CCCCCC1. The van der Waals surface area contributed by atoms with Gasteiger partial charge in [-0.05, 0) is 167 Å². The summed E-state index contributed by atoms with van der Waals surface area (Å²) in [6, 6.07) is 3.89. The molecule has 280 valence electrons. The van der Waals surface area contributed by atoms with Crippen molar-refractivity contribution in [1.82, 2.24) is 24.5 Å². The Labute approximate surface area is 290 Å². The molecule has 0 bridgehead atoms. The van der Waals surface area contributed by atoms with Gasteiger partial charge in [0.05, 0.1) is 0 Å². The molecule has 5 aliphatic heterocycles. The minimum Gasteiger partial charge on any atom is -0.301 e. The van der Waals surface area contributed by atoms with Crippen LogP contribution in [0.1, 0.15) is 171 Å². The number of hydrogen-bond acceptors (Lipinski definition) is 5. The number of hydrogen-bond donors (Lipinski definition) is 0. The molecule has 0 spiro atoms. The molecule has 5 heteroatoms. The largest absolute Gasteiger partial charge is 0.301 e. The van der Waals surface area contributed by atoms with E-state index in [1.165, 1.54) is 130 Å². The van der Waals surface area contributed by atoms with E-state index in [0.29, 0.717) is 0 Å². The zero-order chi connectivity index (χ0) is 29.9. The minimum absolute atomic E-state index is 0. The second kappa shape index (κ2) is 32.4. The summed E-state index contributed by atoms with van der Waals surface area (Å²) in [5.41, 5.74) is 0. The molecular weight excluding hydrogens is 550 g/mol. The molecule has 45 heavy (non-hydrogen) atoms. The average Bonchev–Trinajstić information content (AvgIpc) is 3.65. The van der Waals surface area contributed by atoms with E-state index in [1.807, 2.05) is 0 Å². The molecule has 0 radical (unpaired) electrons. The van der Waals surface area contributed by atoms with E-state index in [-0.39, 0.29) is 37.1 Å². The van der Waals surface area contributed by atoms with Gasteiger partial charge in [-0.1, -0.05) is 56.4 Å². The van der Waals surface area contributed by atoms with E-state index in [2.05, 4.69) is 93.7 Å². The summed E-state index contributed by atoms with van der Waals surface area (Å²) in [7, 11) is 0. The maximum Gasteiger partial charge on any atom is 0.0113 e. The first kappa shape index (κ1) is 54.3. The van der Waals surface area contributed by atoms with Crippen LogP contribution in [0.5, 0.6) is 0 Å². The molecule has 5 nitrogen and oxygen atoms in total. The van der Waals surface area contributed by atoms with Gasteiger partial charge in [0.1, 0.15) is 0 Å². The van der Waals surface area contributed by atoms with Crippen molar-refractivity contribution in [2.24, 2.45) is 0 Å². The van der Waals surface area contributed by atoms with E-state index in [4.69, 9.17) is 0 Å². The lowest BCUT2D eigenvalue weighted by Crippen LogP contribution is -2.41. The van der Waals surface area contributed by atoms with Crippen molar-refractivity contribution in [3.8, 4) is 0 Å². The van der Waals surface area contributed by atoms with Crippen molar-refractivity contribution in [2.75, 3.05) is 65.4 Å². The lowest BCUT2D eigenvalue weighted by molar-refractivity contribution is 0.138. The molecular formula is C40H95N5. The Hall–Kier alpha value is -0.200. The molecule has 0 aliphatic carbocycles. The Balaban J connectivity index is -0.000000145. The Morgan fingerprint density at radius 1 is 0.222 bits per heavy atom. The third-order valence-electron chi connectivity index (χ3n) is 9.20. The topological polar surface area (TPSA) is 16.0 Å². The van der Waals surface area contributed by atoms with Gasteiger partial charge in [0.15, 0.2) is 0 Å². The normalized spacial score (nSPS) is 20.3. The summed E-state index contributed by atoms with van der Waals surface area (Å²) >= 11 is 0. The summed E-state index contributed by atoms with van der Waals surface area (Å²) in [4.78, 5) is 12.6. The maximum atomic E-state index is 2.59. The molecule has 5 fully saturated rings. The van der Waals surface area contributed by atoms with Crippen LogP contribution in [-0.4, -0.2) is 120 Å². The first-order chi connectivity index (χ1) is 19.0. The monoisotopic (exact) mass is 646 g/mol. The summed E-state index contributed by atoms with van der Waals surface area (Å²) < 4.78 is 0. The van der Waals surface area contributed by atoms with Crippen molar-refractivity contribution < 1.29 is 0 Å². The molecule has 0 aromatic rings. The lowest BCUT2D eigenvalue weighted by Gasteiger charge is -2.34. The molecule has 0 aromatic carbocycles. The van der Waals surface area contributed by atoms with Crippen LogP contribution in [-0.2, 0) is 0 Å². The van der Waals surface area contributed by atoms with Crippen LogP contribution in [0, 0.1) is 0 Å². The number of nitrogens with zero attached hydrogens (tertiary/aromatic N) is 5. The highest BCUT2D eigenvalue weighted by Crippen LogP contribution is 2.13. The Kier molecular flexibility index (Phi) is 39.0. The second-order valence-corrected chi connectivity index (χ2v) is 14.2.